The third-order valence-electron chi connectivity index (χ3n) is 5.45. The number of aromatic nitrogens is 2. The summed E-state index contributed by atoms with van der Waals surface area (Å²) in [7, 11) is 5.16. The minimum atomic E-state index is 0.131. The van der Waals surface area contributed by atoms with Crippen LogP contribution in [0.25, 0.3) is 21.5 Å². The summed E-state index contributed by atoms with van der Waals surface area (Å²) in [4.78, 5) is 16.7. The molecule has 7 heteroatoms. The summed E-state index contributed by atoms with van der Waals surface area (Å²) in [5, 5.41) is 5.67. The number of amides is 1. The van der Waals surface area contributed by atoms with Crippen molar-refractivity contribution in [3.8, 4) is 22.8 Å². The van der Waals surface area contributed by atoms with Gasteiger partial charge in [-0.1, -0.05) is 6.92 Å². The van der Waals surface area contributed by atoms with Crippen molar-refractivity contribution in [3.63, 3.8) is 0 Å². The zero-order chi connectivity index (χ0) is 19.8. The zero-order valence-corrected chi connectivity index (χ0v) is 17.5. The first-order valence-corrected chi connectivity index (χ1v) is 10.3. The molecular formula is C21H25N3O3S. The smallest absolute Gasteiger partial charge is 0.264 e. The van der Waals surface area contributed by atoms with E-state index < -0.39 is 0 Å². The van der Waals surface area contributed by atoms with Gasteiger partial charge in [0.2, 0.25) is 0 Å². The number of carbonyl (C=O) groups is 1. The molecule has 3 heterocycles. The van der Waals surface area contributed by atoms with Gasteiger partial charge in [-0.2, -0.15) is 5.10 Å². The number of thiophene rings is 1. The minimum Gasteiger partial charge on any atom is -0.493 e. The fourth-order valence-electron chi connectivity index (χ4n) is 3.71. The third-order valence-corrected chi connectivity index (χ3v) is 6.64. The summed E-state index contributed by atoms with van der Waals surface area (Å²) in [6.45, 7) is 3.94. The summed E-state index contributed by atoms with van der Waals surface area (Å²) in [5.41, 5.74) is 1.79. The summed E-state index contributed by atoms with van der Waals surface area (Å²) in [5.74, 6) is 2.17. The molecule has 1 aliphatic rings. The number of rotatable bonds is 4. The van der Waals surface area contributed by atoms with E-state index in [1.165, 1.54) is 11.3 Å². The van der Waals surface area contributed by atoms with E-state index in [9.17, 15) is 4.79 Å². The molecule has 0 bridgehead atoms. The van der Waals surface area contributed by atoms with Crippen molar-refractivity contribution in [3.05, 3.63) is 29.1 Å². The maximum atomic E-state index is 13.0. The van der Waals surface area contributed by atoms with Crippen molar-refractivity contribution >= 4 is 27.5 Å². The van der Waals surface area contributed by atoms with Crippen molar-refractivity contribution in [2.24, 2.45) is 13.0 Å². The molecule has 0 aliphatic carbocycles. The van der Waals surface area contributed by atoms with Gasteiger partial charge in [0.1, 0.15) is 10.5 Å². The van der Waals surface area contributed by atoms with E-state index in [0.29, 0.717) is 17.4 Å². The van der Waals surface area contributed by atoms with E-state index >= 15 is 0 Å². The number of aryl methyl sites for hydroxylation is 1. The van der Waals surface area contributed by atoms with Crippen LogP contribution < -0.4 is 9.47 Å². The lowest BCUT2D eigenvalue weighted by Gasteiger charge is -2.29. The summed E-state index contributed by atoms with van der Waals surface area (Å²) < 4.78 is 12.6. The molecule has 0 saturated carbocycles. The van der Waals surface area contributed by atoms with E-state index in [1.807, 2.05) is 40.9 Å². The number of piperidine rings is 1. The van der Waals surface area contributed by atoms with E-state index in [4.69, 9.17) is 9.47 Å². The van der Waals surface area contributed by atoms with Gasteiger partial charge in [-0.15, -0.1) is 11.3 Å². The summed E-state index contributed by atoms with van der Waals surface area (Å²) in [6.07, 6.45) is 2.16. The predicted molar refractivity (Wildman–Crippen MR) is 111 cm³/mol. The van der Waals surface area contributed by atoms with Gasteiger partial charge >= 0.3 is 0 Å². The van der Waals surface area contributed by atoms with Crippen molar-refractivity contribution in [1.29, 1.82) is 0 Å². The Bertz CT molecular complexity index is 1020. The highest BCUT2D eigenvalue weighted by molar-refractivity contribution is 7.20. The van der Waals surface area contributed by atoms with Crippen LogP contribution in [-0.2, 0) is 7.05 Å². The average Bonchev–Trinajstić information content (AvgIpc) is 3.28. The van der Waals surface area contributed by atoms with Gasteiger partial charge in [0.15, 0.2) is 11.5 Å². The standard InChI is InChI=1S/C21H25N3O3S/c1-13-7-9-24(10-8-13)20(25)18-12-15-19(22-23(2)21(15)28-18)14-5-6-16(26-3)17(11-14)27-4/h5-6,11-13H,7-10H2,1-4H3. The lowest BCUT2D eigenvalue weighted by molar-refractivity contribution is 0.0702. The predicted octanol–water partition coefficient (Wildman–Crippen LogP) is 4.19. The molecule has 4 rings (SSSR count). The molecule has 0 atom stereocenters. The largest absolute Gasteiger partial charge is 0.493 e. The van der Waals surface area contributed by atoms with E-state index in [2.05, 4.69) is 12.0 Å². The van der Waals surface area contributed by atoms with Crippen molar-refractivity contribution in [1.82, 2.24) is 14.7 Å². The Morgan fingerprint density at radius 3 is 2.54 bits per heavy atom. The van der Waals surface area contributed by atoms with Gasteiger partial charge in [0.05, 0.1) is 19.1 Å². The summed E-state index contributed by atoms with van der Waals surface area (Å²) in [6, 6.07) is 7.75. The number of fused-ring (bicyclic) bond motifs is 1. The first-order valence-electron chi connectivity index (χ1n) is 9.50. The van der Waals surface area contributed by atoms with Crippen LogP contribution in [0.3, 0.4) is 0 Å². The van der Waals surface area contributed by atoms with Crippen LogP contribution in [0.4, 0.5) is 0 Å². The highest BCUT2D eigenvalue weighted by Crippen LogP contribution is 2.38. The van der Waals surface area contributed by atoms with Crippen molar-refractivity contribution in [2.75, 3.05) is 27.3 Å². The van der Waals surface area contributed by atoms with Crippen LogP contribution in [0, 0.1) is 5.92 Å². The first-order chi connectivity index (χ1) is 13.5. The molecule has 0 N–H and O–H groups in total. The van der Waals surface area contributed by atoms with Gasteiger partial charge in [0.25, 0.3) is 5.91 Å². The quantitative estimate of drug-likeness (QED) is 0.660. The maximum absolute atomic E-state index is 13.0. The molecule has 2 aromatic heterocycles. The number of nitrogens with zero attached hydrogens (tertiary/aromatic N) is 3. The highest BCUT2D eigenvalue weighted by Gasteiger charge is 2.25. The Balaban J connectivity index is 1.71. The molecule has 6 nitrogen and oxygen atoms in total. The number of hydrogen-bond donors (Lipinski definition) is 0. The second-order valence-corrected chi connectivity index (χ2v) is 8.38. The van der Waals surface area contributed by atoms with Crippen LogP contribution in [0.15, 0.2) is 24.3 Å². The lowest BCUT2D eigenvalue weighted by atomic mass is 9.99. The maximum Gasteiger partial charge on any atom is 0.264 e. The number of likely N-dealkylation sites (tertiary alicyclic amines) is 1. The molecule has 148 valence electrons. The van der Waals surface area contributed by atoms with E-state index in [1.54, 1.807) is 14.2 Å². The molecule has 3 aromatic rings. The Hall–Kier alpha value is -2.54. The molecule has 0 radical (unpaired) electrons. The summed E-state index contributed by atoms with van der Waals surface area (Å²) >= 11 is 1.51. The van der Waals surface area contributed by atoms with Crippen LogP contribution in [0.5, 0.6) is 11.5 Å². The van der Waals surface area contributed by atoms with Gasteiger partial charge in [-0.25, -0.2) is 0 Å². The Kier molecular flexibility index (Phi) is 5.02. The number of methoxy groups -OCH3 is 2. The number of ether oxygens (including phenoxy) is 2. The SMILES string of the molecule is COc1ccc(-c2nn(C)c3sc(C(=O)N4CCC(C)CC4)cc23)cc1OC. The molecule has 1 aliphatic heterocycles. The average molecular weight is 400 g/mol. The van der Waals surface area contributed by atoms with Crippen LogP contribution in [-0.4, -0.2) is 47.9 Å². The number of hydrogen-bond acceptors (Lipinski definition) is 5. The molecule has 0 spiro atoms. The Morgan fingerprint density at radius 2 is 1.86 bits per heavy atom. The first kappa shape index (κ1) is 18.8. The molecular weight excluding hydrogens is 374 g/mol. The Morgan fingerprint density at radius 1 is 1.14 bits per heavy atom. The van der Waals surface area contributed by atoms with Gasteiger partial charge in [-0.05, 0) is 43.0 Å². The third kappa shape index (κ3) is 3.24. The molecule has 28 heavy (non-hydrogen) atoms. The second-order valence-electron chi connectivity index (χ2n) is 7.35. The molecule has 1 fully saturated rings. The van der Waals surface area contributed by atoms with E-state index in [-0.39, 0.29) is 5.91 Å². The Labute approximate surface area is 168 Å². The number of carbonyl (C=O) groups excluding carboxylic acids is 1. The monoisotopic (exact) mass is 399 g/mol. The fraction of sp³-hybridized carbons (Fsp3) is 0.429. The zero-order valence-electron chi connectivity index (χ0n) is 16.7. The van der Waals surface area contributed by atoms with Gasteiger partial charge in [0, 0.05) is 31.1 Å². The van der Waals surface area contributed by atoms with Crippen molar-refractivity contribution in [2.45, 2.75) is 19.8 Å². The fourth-order valence-corrected chi connectivity index (χ4v) is 4.75. The van der Waals surface area contributed by atoms with Crippen LogP contribution in [0.2, 0.25) is 0 Å². The lowest BCUT2D eigenvalue weighted by Crippen LogP contribution is -2.37. The molecule has 0 unspecified atom stereocenters. The minimum absolute atomic E-state index is 0.131. The molecule has 1 amide bonds. The van der Waals surface area contributed by atoms with Crippen LogP contribution in [0.1, 0.15) is 29.4 Å². The number of benzene rings is 1. The normalized spacial score (nSPS) is 15.2. The van der Waals surface area contributed by atoms with Crippen LogP contribution >= 0.6 is 11.3 Å². The second kappa shape index (κ2) is 7.47. The van der Waals surface area contributed by atoms with Gasteiger partial charge < -0.3 is 14.4 Å². The van der Waals surface area contributed by atoms with Gasteiger partial charge in [-0.3, -0.25) is 9.48 Å². The van der Waals surface area contributed by atoms with Crippen molar-refractivity contribution < 1.29 is 14.3 Å². The molecule has 1 aromatic carbocycles. The van der Waals surface area contributed by atoms with E-state index in [0.717, 1.165) is 52.3 Å². The highest BCUT2D eigenvalue weighted by atomic mass is 32.1. The topological polar surface area (TPSA) is 56.6 Å². The molecule has 1 saturated heterocycles.